The zero-order valence-electron chi connectivity index (χ0n) is 11.9. The Morgan fingerprint density at radius 2 is 2.20 bits per heavy atom. The third-order valence-electron chi connectivity index (χ3n) is 2.97. The molecule has 0 fully saturated rings. The van der Waals surface area contributed by atoms with Gasteiger partial charge in [-0.3, -0.25) is 4.68 Å². The van der Waals surface area contributed by atoms with Crippen LogP contribution in [0.25, 0.3) is 0 Å². The van der Waals surface area contributed by atoms with E-state index in [0.717, 1.165) is 11.3 Å². The number of benzene rings is 1. The molecule has 0 bridgehead atoms. The number of hydrogen-bond donors (Lipinski definition) is 1. The summed E-state index contributed by atoms with van der Waals surface area (Å²) in [7, 11) is 3.76. The van der Waals surface area contributed by atoms with E-state index < -0.39 is 5.82 Å². The van der Waals surface area contributed by atoms with Gasteiger partial charge < -0.3 is 15.4 Å². The van der Waals surface area contributed by atoms with Gasteiger partial charge >= 0.3 is 0 Å². The normalized spacial score (nSPS) is 10.6. The van der Waals surface area contributed by atoms with Crippen LogP contribution in [-0.2, 0) is 13.6 Å². The Hall–Kier alpha value is -2.24. The summed E-state index contributed by atoms with van der Waals surface area (Å²) < 4.78 is 20.7. The molecular weight excluding hydrogens is 259 g/mol. The van der Waals surface area contributed by atoms with Crippen molar-refractivity contribution < 1.29 is 9.13 Å². The van der Waals surface area contributed by atoms with E-state index >= 15 is 0 Å². The molecule has 1 heterocycles. The summed E-state index contributed by atoms with van der Waals surface area (Å²) in [6, 6.07) is 2.92. The number of nitrogens with zero attached hydrogens (tertiary/aromatic N) is 3. The SMILES string of the molecule is CCOc1cc(N(C)Cc2cnn(C)c2)c(N)cc1F. The number of hydrogen-bond acceptors (Lipinski definition) is 4. The topological polar surface area (TPSA) is 56.3 Å². The maximum Gasteiger partial charge on any atom is 0.167 e. The minimum atomic E-state index is -0.442. The van der Waals surface area contributed by atoms with Crippen molar-refractivity contribution in [2.45, 2.75) is 13.5 Å². The first-order chi connectivity index (χ1) is 9.51. The summed E-state index contributed by atoms with van der Waals surface area (Å²) in [6.07, 6.45) is 3.72. The molecule has 0 aliphatic heterocycles. The maximum atomic E-state index is 13.7. The molecule has 0 atom stereocenters. The molecule has 0 amide bonds. The predicted molar refractivity (Wildman–Crippen MR) is 77.3 cm³/mol. The highest BCUT2D eigenvalue weighted by molar-refractivity contribution is 5.69. The van der Waals surface area contributed by atoms with Crippen LogP contribution in [0.2, 0.25) is 0 Å². The number of anilines is 2. The van der Waals surface area contributed by atoms with Crippen LogP contribution in [0.5, 0.6) is 5.75 Å². The van der Waals surface area contributed by atoms with Crippen LogP contribution in [0.1, 0.15) is 12.5 Å². The molecule has 2 aromatic rings. The predicted octanol–water partition coefficient (Wildman–Crippen LogP) is 2.18. The number of halogens is 1. The van der Waals surface area contributed by atoms with Crippen molar-refractivity contribution in [3.63, 3.8) is 0 Å². The van der Waals surface area contributed by atoms with E-state index in [1.807, 2.05) is 32.1 Å². The Morgan fingerprint density at radius 3 is 2.80 bits per heavy atom. The van der Waals surface area contributed by atoms with Crippen LogP contribution in [0, 0.1) is 5.82 Å². The lowest BCUT2D eigenvalue weighted by molar-refractivity contribution is 0.322. The van der Waals surface area contributed by atoms with Crippen LogP contribution in [0.3, 0.4) is 0 Å². The lowest BCUT2D eigenvalue weighted by atomic mass is 10.2. The molecule has 0 radical (unpaired) electrons. The van der Waals surface area contributed by atoms with Crippen LogP contribution in [0.15, 0.2) is 24.5 Å². The summed E-state index contributed by atoms with van der Waals surface area (Å²) in [5.74, 6) is -0.224. The number of ether oxygens (including phenoxy) is 1. The molecule has 0 aliphatic rings. The van der Waals surface area contributed by atoms with Crippen molar-refractivity contribution in [1.29, 1.82) is 0 Å². The molecule has 0 aliphatic carbocycles. The fraction of sp³-hybridized carbons (Fsp3) is 0.357. The van der Waals surface area contributed by atoms with Crippen molar-refractivity contribution in [3.8, 4) is 5.75 Å². The number of nitrogens with two attached hydrogens (primary N) is 1. The maximum absolute atomic E-state index is 13.7. The van der Waals surface area contributed by atoms with E-state index in [-0.39, 0.29) is 5.75 Å². The average Bonchev–Trinajstić information content (AvgIpc) is 2.78. The smallest absolute Gasteiger partial charge is 0.167 e. The molecule has 0 saturated heterocycles. The highest BCUT2D eigenvalue weighted by atomic mass is 19.1. The number of nitrogen functional groups attached to an aromatic ring is 1. The Labute approximate surface area is 117 Å². The highest BCUT2D eigenvalue weighted by Gasteiger charge is 2.13. The van der Waals surface area contributed by atoms with Crippen molar-refractivity contribution in [2.75, 3.05) is 24.3 Å². The first-order valence-corrected chi connectivity index (χ1v) is 6.41. The monoisotopic (exact) mass is 278 g/mol. The summed E-state index contributed by atoms with van der Waals surface area (Å²) in [5.41, 5.74) is 8.06. The van der Waals surface area contributed by atoms with Gasteiger partial charge in [0.15, 0.2) is 11.6 Å². The fourth-order valence-corrected chi connectivity index (χ4v) is 2.07. The van der Waals surface area contributed by atoms with Gasteiger partial charge in [-0.1, -0.05) is 0 Å². The van der Waals surface area contributed by atoms with Gasteiger partial charge in [-0.25, -0.2) is 4.39 Å². The zero-order valence-corrected chi connectivity index (χ0v) is 11.9. The third-order valence-corrected chi connectivity index (χ3v) is 2.97. The third kappa shape index (κ3) is 3.01. The van der Waals surface area contributed by atoms with Gasteiger partial charge in [0.2, 0.25) is 0 Å². The summed E-state index contributed by atoms with van der Waals surface area (Å²) in [5, 5.41) is 4.12. The average molecular weight is 278 g/mol. The van der Waals surface area contributed by atoms with Gasteiger partial charge in [0.05, 0.1) is 24.2 Å². The Bertz CT molecular complexity index is 597. The number of aromatic nitrogens is 2. The zero-order chi connectivity index (χ0) is 14.7. The summed E-state index contributed by atoms with van der Waals surface area (Å²) in [4.78, 5) is 1.94. The van der Waals surface area contributed by atoms with Crippen LogP contribution < -0.4 is 15.4 Å². The second-order valence-electron chi connectivity index (χ2n) is 4.65. The van der Waals surface area contributed by atoms with E-state index in [1.54, 1.807) is 16.9 Å². The second-order valence-corrected chi connectivity index (χ2v) is 4.65. The molecular formula is C14H19FN4O. The van der Waals surface area contributed by atoms with Crippen molar-refractivity contribution in [2.24, 2.45) is 7.05 Å². The first kappa shape index (κ1) is 14.2. The minimum absolute atomic E-state index is 0.217. The molecule has 1 aromatic carbocycles. The van der Waals surface area contributed by atoms with E-state index in [0.29, 0.717) is 18.8 Å². The molecule has 2 rings (SSSR count). The number of aryl methyl sites for hydroxylation is 1. The molecule has 1 aromatic heterocycles. The largest absolute Gasteiger partial charge is 0.491 e. The van der Waals surface area contributed by atoms with E-state index in [1.165, 1.54) is 6.07 Å². The highest BCUT2D eigenvalue weighted by Crippen LogP contribution is 2.31. The van der Waals surface area contributed by atoms with Crippen molar-refractivity contribution in [1.82, 2.24) is 9.78 Å². The summed E-state index contributed by atoms with van der Waals surface area (Å²) >= 11 is 0. The molecule has 2 N–H and O–H groups in total. The Kier molecular flexibility index (Phi) is 4.12. The first-order valence-electron chi connectivity index (χ1n) is 6.41. The molecule has 20 heavy (non-hydrogen) atoms. The van der Waals surface area contributed by atoms with E-state index in [9.17, 15) is 4.39 Å². The van der Waals surface area contributed by atoms with E-state index in [2.05, 4.69) is 5.10 Å². The quantitative estimate of drug-likeness (QED) is 0.852. The lowest BCUT2D eigenvalue weighted by Gasteiger charge is -2.21. The molecule has 6 heteroatoms. The van der Waals surface area contributed by atoms with Gasteiger partial charge in [0, 0.05) is 44.5 Å². The fourth-order valence-electron chi connectivity index (χ4n) is 2.07. The molecule has 0 unspecified atom stereocenters. The van der Waals surface area contributed by atoms with Gasteiger partial charge in [-0.05, 0) is 6.92 Å². The minimum Gasteiger partial charge on any atom is -0.491 e. The van der Waals surface area contributed by atoms with Gasteiger partial charge in [0.25, 0.3) is 0 Å². The lowest BCUT2D eigenvalue weighted by Crippen LogP contribution is -2.18. The van der Waals surface area contributed by atoms with Crippen LogP contribution in [-0.4, -0.2) is 23.4 Å². The standard InChI is InChI=1S/C14H19FN4O/c1-4-20-14-6-13(12(16)5-11(14)15)18(2)8-10-7-17-19(3)9-10/h5-7,9H,4,8,16H2,1-3H3. The molecule has 0 spiro atoms. The molecule has 5 nitrogen and oxygen atoms in total. The molecule has 108 valence electrons. The van der Waals surface area contributed by atoms with Crippen molar-refractivity contribution in [3.05, 3.63) is 35.9 Å². The second kappa shape index (κ2) is 5.81. The van der Waals surface area contributed by atoms with Gasteiger partial charge in [-0.2, -0.15) is 5.10 Å². The summed E-state index contributed by atoms with van der Waals surface area (Å²) in [6.45, 7) is 2.86. The van der Waals surface area contributed by atoms with Gasteiger partial charge in [0.1, 0.15) is 0 Å². The van der Waals surface area contributed by atoms with E-state index in [4.69, 9.17) is 10.5 Å². The van der Waals surface area contributed by atoms with Crippen LogP contribution in [0.4, 0.5) is 15.8 Å². The van der Waals surface area contributed by atoms with Gasteiger partial charge in [-0.15, -0.1) is 0 Å². The Balaban J connectivity index is 2.24. The Morgan fingerprint density at radius 1 is 1.45 bits per heavy atom. The van der Waals surface area contributed by atoms with Crippen molar-refractivity contribution >= 4 is 11.4 Å². The molecule has 0 saturated carbocycles. The van der Waals surface area contributed by atoms with Crippen LogP contribution >= 0.6 is 0 Å². The number of rotatable bonds is 5.